The Morgan fingerprint density at radius 3 is 2.76 bits per heavy atom. The highest BCUT2D eigenvalue weighted by molar-refractivity contribution is 6.08. The van der Waals surface area contributed by atoms with Gasteiger partial charge in [-0.05, 0) is 42.5 Å². The van der Waals surface area contributed by atoms with E-state index in [1.807, 2.05) is 4.57 Å². The Kier molecular flexibility index (Phi) is 4.59. The van der Waals surface area contributed by atoms with Gasteiger partial charge in [0, 0.05) is 35.2 Å². The van der Waals surface area contributed by atoms with Gasteiger partial charge < -0.3 is 20.5 Å². The van der Waals surface area contributed by atoms with Crippen LogP contribution in [0, 0.1) is 5.82 Å². The summed E-state index contributed by atoms with van der Waals surface area (Å²) in [5.41, 5.74) is 2.01. The highest BCUT2D eigenvalue weighted by Gasteiger charge is 2.20. The highest BCUT2D eigenvalue weighted by Crippen LogP contribution is 2.24. The number of rotatable bonds is 4. The number of fused-ring (bicyclic) bond motifs is 3. The average Bonchev–Trinajstić information content (AvgIpc) is 3.09. The first-order chi connectivity index (χ1) is 14.0. The Morgan fingerprint density at radius 2 is 1.97 bits per heavy atom. The fourth-order valence-corrected chi connectivity index (χ4v) is 3.28. The molecular formula is C21H17FN4O3. The summed E-state index contributed by atoms with van der Waals surface area (Å²) in [6.45, 7) is 4.47. The van der Waals surface area contributed by atoms with E-state index in [9.17, 15) is 18.8 Å². The van der Waals surface area contributed by atoms with Crippen LogP contribution in [0.2, 0.25) is 0 Å². The first-order valence-corrected chi connectivity index (χ1v) is 8.92. The van der Waals surface area contributed by atoms with Crippen molar-refractivity contribution in [3.63, 3.8) is 0 Å². The van der Waals surface area contributed by atoms with Gasteiger partial charge in [-0.2, -0.15) is 0 Å². The molecule has 2 aromatic carbocycles. The summed E-state index contributed by atoms with van der Waals surface area (Å²) >= 11 is 0. The van der Waals surface area contributed by atoms with Crippen LogP contribution in [-0.2, 0) is 11.3 Å². The van der Waals surface area contributed by atoms with Crippen molar-refractivity contribution in [3.05, 3.63) is 72.2 Å². The predicted molar refractivity (Wildman–Crippen MR) is 107 cm³/mol. The summed E-state index contributed by atoms with van der Waals surface area (Å²) in [6.07, 6.45) is 1.03. The lowest BCUT2D eigenvalue weighted by atomic mass is 10.1. The minimum Gasteiger partial charge on any atom is -0.349 e. The van der Waals surface area contributed by atoms with E-state index in [0.29, 0.717) is 30.0 Å². The van der Waals surface area contributed by atoms with E-state index in [-0.39, 0.29) is 11.6 Å². The molecule has 0 saturated carbocycles. The molecule has 0 aliphatic carbocycles. The summed E-state index contributed by atoms with van der Waals surface area (Å²) in [5, 5.41) is 8.70. The fourth-order valence-electron chi connectivity index (χ4n) is 3.28. The zero-order valence-corrected chi connectivity index (χ0v) is 15.3. The van der Waals surface area contributed by atoms with Gasteiger partial charge in [0.25, 0.3) is 11.8 Å². The second-order valence-corrected chi connectivity index (χ2v) is 6.55. The summed E-state index contributed by atoms with van der Waals surface area (Å²) < 4.78 is 15.7. The molecule has 4 rings (SSSR count). The molecule has 3 N–H and O–H groups in total. The van der Waals surface area contributed by atoms with Gasteiger partial charge >= 0.3 is 0 Å². The van der Waals surface area contributed by atoms with E-state index in [4.69, 9.17) is 0 Å². The Labute approximate surface area is 165 Å². The van der Waals surface area contributed by atoms with Crippen LogP contribution >= 0.6 is 0 Å². The highest BCUT2D eigenvalue weighted by atomic mass is 19.1. The molecule has 1 aliphatic rings. The smallest absolute Gasteiger partial charge is 0.268 e. The van der Waals surface area contributed by atoms with Crippen LogP contribution in [0.5, 0.6) is 0 Å². The molecule has 0 fully saturated rings. The number of hydrogen-bond donors (Lipinski definition) is 3. The zero-order valence-electron chi connectivity index (χ0n) is 15.3. The standard InChI is InChI=1S/C21H17FN4O3/c1-2-19(27)25-16-11-14(5-6-15(16)22)24-20(28)13-4-3-12-9-18-21(29)23-7-8-26(18)17(12)10-13/h2-6,9-11H,1,7-8H2,(H,23,29)(H,24,28)(H,25,27). The molecule has 0 spiro atoms. The Bertz CT molecular complexity index is 1180. The van der Waals surface area contributed by atoms with E-state index in [2.05, 4.69) is 22.5 Å². The van der Waals surface area contributed by atoms with Crippen molar-refractivity contribution in [2.45, 2.75) is 6.54 Å². The molecule has 8 heteroatoms. The van der Waals surface area contributed by atoms with Crippen molar-refractivity contribution in [2.75, 3.05) is 17.2 Å². The maximum absolute atomic E-state index is 13.9. The number of nitrogens with zero attached hydrogens (tertiary/aromatic N) is 1. The largest absolute Gasteiger partial charge is 0.349 e. The maximum Gasteiger partial charge on any atom is 0.268 e. The number of anilines is 2. The monoisotopic (exact) mass is 392 g/mol. The van der Waals surface area contributed by atoms with Crippen molar-refractivity contribution in [1.82, 2.24) is 9.88 Å². The van der Waals surface area contributed by atoms with E-state index >= 15 is 0 Å². The quantitative estimate of drug-likeness (QED) is 0.596. The van der Waals surface area contributed by atoms with Crippen molar-refractivity contribution in [1.29, 1.82) is 0 Å². The molecule has 146 valence electrons. The summed E-state index contributed by atoms with van der Waals surface area (Å²) in [5.74, 6) is -1.72. The molecule has 0 bridgehead atoms. The van der Waals surface area contributed by atoms with Crippen molar-refractivity contribution < 1.29 is 18.8 Å². The lowest BCUT2D eigenvalue weighted by Gasteiger charge is -2.16. The third-order valence-electron chi connectivity index (χ3n) is 4.69. The third-order valence-corrected chi connectivity index (χ3v) is 4.69. The topological polar surface area (TPSA) is 92.2 Å². The van der Waals surface area contributed by atoms with Crippen LogP contribution in [0.3, 0.4) is 0 Å². The van der Waals surface area contributed by atoms with Crippen molar-refractivity contribution in [2.24, 2.45) is 0 Å². The van der Waals surface area contributed by atoms with E-state index < -0.39 is 17.6 Å². The average molecular weight is 392 g/mol. The number of carbonyl (C=O) groups is 3. The fraction of sp³-hybridized carbons (Fsp3) is 0.0952. The third kappa shape index (κ3) is 3.47. The molecule has 1 aliphatic heterocycles. The molecule has 0 unspecified atom stereocenters. The molecule has 0 radical (unpaired) electrons. The van der Waals surface area contributed by atoms with Crippen LogP contribution in [-0.4, -0.2) is 28.8 Å². The number of hydrogen-bond acceptors (Lipinski definition) is 3. The van der Waals surface area contributed by atoms with E-state index in [0.717, 1.165) is 23.0 Å². The van der Waals surface area contributed by atoms with Crippen molar-refractivity contribution in [3.8, 4) is 0 Å². The van der Waals surface area contributed by atoms with E-state index in [1.54, 1.807) is 24.3 Å². The van der Waals surface area contributed by atoms with Crippen LogP contribution in [0.25, 0.3) is 10.9 Å². The van der Waals surface area contributed by atoms with E-state index in [1.165, 1.54) is 12.1 Å². The van der Waals surface area contributed by atoms with Gasteiger partial charge in [-0.1, -0.05) is 12.6 Å². The zero-order chi connectivity index (χ0) is 20.5. The summed E-state index contributed by atoms with van der Waals surface area (Å²) in [7, 11) is 0. The number of benzene rings is 2. The Hall–Kier alpha value is -3.94. The minimum absolute atomic E-state index is 0.0603. The van der Waals surface area contributed by atoms with Crippen LogP contribution in [0.1, 0.15) is 20.8 Å². The molecular weight excluding hydrogens is 375 g/mol. The predicted octanol–water partition coefficient (Wildman–Crippen LogP) is 2.90. The van der Waals surface area contributed by atoms with Gasteiger partial charge in [0.2, 0.25) is 5.91 Å². The molecule has 29 heavy (non-hydrogen) atoms. The SMILES string of the molecule is C=CC(=O)Nc1cc(NC(=O)c2ccc3cc4n(c3c2)CCNC4=O)ccc1F. The lowest BCUT2D eigenvalue weighted by molar-refractivity contribution is -0.111. The second-order valence-electron chi connectivity index (χ2n) is 6.55. The molecule has 1 aromatic heterocycles. The van der Waals surface area contributed by atoms with Crippen molar-refractivity contribution >= 4 is 40.0 Å². The number of halogens is 1. The van der Waals surface area contributed by atoms with Crippen LogP contribution in [0.15, 0.2) is 55.1 Å². The first-order valence-electron chi connectivity index (χ1n) is 8.92. The van der Waals surface area contributed by atoms with Crippen LogP contribution < -0.4 is 16.0 Å². The normalized spacial score (nSPS) is 12.8. The molecule has 0 saturated heterocycles. The Balaban J connectivity index is 1.61. The Morgan fingerprint density at radius 1 is 1.14 bits per heavy atom. The maximum atomic E-state index is 13.9. The summed E-state index contributed by atoms with van der Waals surface area (Å²) in [4.78, 5) is 36.1. The van der Waals surface area contributed by atoms with Gasteiger partial charge in [-0.25, -0.2) is 4.39 Å². The number of carbonyl (C=O) groups excluding carboxylic acids is 3. The van der Waals surface area contributed by atoms with Gasteiger partial charge in [0.1, 0.15) is 11.5 Å². The lowest BCUT2D eigenvalue weighted by Crippen LogP contribution is -2.34. The molecule has 0 atom stereocenters. The molecule has 2 heterocycles. The minimum atomic E-state index is -0.627. The van der Waals surface area contributed by atoms with Gasteiger partial charge in [-0.3, -0.25) is 14.4 Å². The second kappa shape index (κ2) is 7.23. The molecule has 3 aromatic rings. The number of aromatic nitrogens is 1. The molecule has 7 nitrogen and oxygen atoms in total. The van der Waals surface area contributed by atoms with Crippen LogP contribution in [0.4, 0.5) is 15.8 Å². The molecule has 3 amide bonds. The summed E-state index contributed by atoms with van der Waals surface area (Å²) in [6, 6.07) is 10.8. The van der Waals surface area contributed by atoms with Gasteiger partial charge in [0.05, 0.1) is 5.69 Å². The van der Waals surface area contributed by atoms with Gasteiger partial charge in [0.15, 0.2) is 0 Å². The number of nitrogens with one attached hydrogen (secondary N) is 3. The number of amides is 3. The first kappa shape index (κ1) is 18.4. The van der Waals surface area contributed by atoms with Gasteiger partial charge in [-0.15, -0.1) is 0 Å².